The largest absolute Gasteiger partial charge is 0.494 e. The van der Waals surface area contributed by atoms with Crippen LogP contribution in [0.1, 0.15) is 29.3 Å². The predicted molar refractivity (Wildman–Crippen MR) is 118 cm³/mol. The van der Waals surface area contributed by atoms with Crippen molar-refractivity contribution in [2.75, 3.05) is 47.0 Å². The summed E-state index contributed by atoms with van der Waals surface area (Å²) < 4.78 is 16.0. The van der Waals surface area contributed by atoms with Gasteiger partial charge in [-0.2, -0.15) is 0 Å². The molecule has 0 atom stereocenters. The van der Waals surface area contributed by atoms with Crippen LogP contribution in [0, 0.1) is 0 Å². The van der Waals surface area contributed by atoms with Crippen molar-refractivity contribution in [1.82, 2.24) is 9.80 Å². The van der Waals surface area contributed by atoms with Gasteiger partial charge < -0.3 is 24.0 Å². The molecule has 2 aromatic carbocycles. The Kier molecular flexibility index (Phi) is 7.76. The number of nitrogens with zero attached hydrogens (tertiary/aromatic N) is 2. The maximum atomic E-state index is 12.9. The van der Waals surface area contributed by atoms with Gasteiger partial charge in [-0.25, -0.2) is 0 Å². The molecule has 0 aliphatic carbocycles. The number of carbonyl (C=O) groups excluding carboxylic acids is 2. The lowest BCUT2D eigenvalue weighted by Crippen LogP contribution is -2.38. The van der Waals surface area contributed by atoms with Crippen molar-refractivity contribution in [2.45, 2.75) is 19.8 Å². The molecule has 2 aromatic rings. The first-order valence-electron chi connectivity index (χ1n) is 10.6. The first-order chi connectivity index (χ1) is 15.0. The molecule has 7 heteroatoms. The summed E-state index contributed by atoms with van der Waals surface area (Å²) in [6, 6.07) is 12.7. The lowest BCUT2D eigenvalue weighted by Gasteiger charge is -2.22. The zero-order chi connectivity index (χ0) is 22.2. The minimum absolute atomic E-state index is 0.0164. The highest BCUT2D eigenvalue weighted by molar-refractivity contribution is 5.94. The maximum Gasteiger partial charge on any atom is 0.253 e. The molecule has 7 nitrogen and oxygen atoms in total. The second-order valence-corrected chi connectivity index (χ2v) is 7.35. The van der Waals surface area contributed by atoms with E-state index in [0.29, 0.717) is 49.8 Å². The molecule has 1 saturated heterocycles. The van der Waals surface area contributed by atoms with E-state index in [0.717, 1.165) is 17.7 Å². The van der Waals surface area contributed by atoms with Crippen LogP contribution in [0.5, 0.6) is 17.2 Å². The third kappa shape index (κ3) is 5.69. The lowest BCUT2D eigenvalue weighted by molar-refractivity contribution is -0.130. The molecule has 2 amide bonds. The number of amides is 2. The highest BCUT2D eigenvalue weighted by Crippen LogP contribution is 2.28. The van der Waals surface area contributed by atoms with Gasteiger partial charge in [0.05, 0.1) is 27.2 Å². The van der Waals surface area contributed by atoms with Crippen molar-refractivity contribution < 1.29 is 23.8 Å². The van der Waals surface area contributed by atoms with Gasteiger partial charge >= 0.3 is 0 Å². The van der Waals surface area contributed by atoms with E-state index in [1.165, 1.54) is 0 Å². The van der Waals surface area contributed by atoms with Crippen LogP contribution < -0.4 is 14.2 Å². The first-order valence-corrected chi connectivity index (χ1v) is 10.6. The molecule has 0 unspecified atom stereocenters. The Morgan fingerprint density at radius 2 is 1.55 bits per heavy atom. The monoisotopic (exact) mass is 426 g/mol. The summed E-state index contributed by atoms with van der Waals surface area (Å²) in [6.45, 7) is 4.82. The zero-order valence-corrected chi connectivity index (χ0v) is 18.4. The summed E-state index contributed by atoms with van der Waals surface area (Å²) in [4.78, 5) is 29.4. The normalized spacial score (nSPS) is 14.0. The Balaban J connectivity index is 1.59. The molecule has 1 fully saturated rings. The van der Waals surface area contributed by atoms with Gasteiger partial charge in [0.15, 0.2) is 11.5 Å². The van der Waals surface area contributed by atoms with Gasteiger partial charge in [-0.05, 0) is 55.3 Å². The molecule has 0 spiro atoms. The molecule has 1 aliphatic rings. The molecule has 0 bridgehead atoms. The third-order valence-corrected chi connectivity index (χ3v) is 5.35. The molecular weight excluding hydrogens is 396 g/mol. The average molecular weight is 427 g/mol. The fourth-order valence-corrected chi connectivity index (χ4v) is 3.69. The fraction of sp³-hybridized carbons (Fsp3) is 0.417. The first kappa shape index (κ1) is 22.5. The second kappa shape index (κ2) is 10.7. The number of ether oxygens (including phenoxy) is 3. The molecule has 0 N–H and O–H groups in total. The number of carbonyl (C=O) groups is 2. The highest BCUT2D eigenvalue weighted by atomic mass is 16.5. The second-order valence-electron chi connectivity index (χ2n) is 7.35. The molecule has 0 radical (unpaired) electrons. The van der Waals surface area contributed by atoms with Crippen molar-refractivity contribution in [3.63, 3.8) is 0 Å². The van der Waals surface area contributed by atoms with Crippen molar-refractivity contribution in [1.29, 1.82) is 0 Å². The van der Waals surface area contributed by atoms with Crippen LogP contribution in [0.25, 0.3) is 0 Å². The van der Waals surface area contributed by atoms with Crippen molar-refractivity contribution >= 4 is 11.8 Å². The van der Waals surface area contributed by atoms with Gasteiger partial charge in [0, 0.05) is 31.7 Å². The molecule has 31 heavy (non-hydrogen) atoms. The number of hydrogen-bond donors (Lipinski definition) is 0. The third-order valence-electron chi connectivity index (χ3n) is 5.35. The minimum Gasteiger partial charge on any atom is -0.494 e. The van der Waals surface area contributed by atoms with Gasteiger partial charge in [0.2, 0.25) is 5.91 Å². The zero-order valence-electron chi connectivity index (χ0n) is 18.4. The van der Waals surface area contributed by atoms with E-state index in [-0.39, 0.29) is 18.2 Å². The van der Waals surface area contributed by atoms with Crippen LogP contribution in [-0.2, 0) is 11.2 Å². The predicted octanol–water partition coefficient (Wildman–Crippen LogP) is 3.02. The molecule has 0 aromatic heterocycles. The highest BCUT2D eigenvalue weighted by Gasteiger charge is 2.23. The van der Waals surface area contributed by atoms with Crippen molar-refractivity contribution in [3.05, 3.63) is 53.6 Å². The molecular formula is C24H30N2O5. The number of benzene rings is 2. The summed E-state index contributed by atoms with van der Waals surface area (Å²) in [5, 5.41) is 0. The van der Waals surface area contributed by atoms with E-state index in [4.69, 9.17) is 14.2 Å². The lowest BCUT2D eigenvalue weighted by atomic mass is 10.1. The summed E-state index contributed by atoms with van der Waals surface area (Å²) in [5.41, 5.74) is 1.50. The molecule has 3 rings (SSSR count). The van der Waals surface area contributed by atoms with E-state index >= 15 is 0 Å². The van der Waals surface area contributed by atoms with E-state index in [1.54, 1.807) is 32.4 Å². The van der Waals surface area contributed by atoms with Gasteiger partial charge in [-0.1, -0.05) is 6.07 Å². The average Bonchev–Trinajstić information content (AvgIpc) is 3.05. The molecule has 166 valence electrons. The molecule has 1 aliphatic heterocycles. The number of rotatable bonds is 7. The van der Waals surface area contributed by atoms with Gasteiger partial charge in [-0.15, -0.1) is 0 Å². The van der Waals surface area contributed by atoms with E-state index in [2.05, 4.69) is 0 Å². The summed E-state index contributed by atoms with van der Waals surface area (Å²) >= 11 is 0. The number of hydrogen-bond acceptors (Lipinski definition) is 5. The van der Waals surface area contributed by atoms with E-state index in [9.17, 15) is 9.59 Å². The minimum atomic E-state index is -0.0164. The van der Waals surface area contributed by atoms with Crippen LogP contribution in [-0.4, -0.2) is 68.6 Å². The van der Waals surface area contributed by atoms with E-state index < -0.39 is 0 Å². The van der Waals surface area contributed by atoms with Crippen molar-refractivity contribution in [3.8, 4) is 17.2 Å². The van der Waals surface area contributed by atoms with Crippen LogP contribution in [0.4, 0.5) is 0 Å². The topological polar surface area (TPSA) is 68.3 Å². The van der Waals surface area contributed by atoms with Crippen molar-refractivity contribution in [2.24, 2.45) is 0 Å². The fourth-order valence-electron chi connectivity index (χ4n) is 3.69. The quantitative estimate of drug-likeness (QED) is 0.681. The molecule has 0 saturated carbocycles. The standard InChI is InChI=1S/C24H30N2O5/c1-4-31-20-9-7-19(8-10-20)24(28)26-13-5-12-25(14-15-26)23(27)17-18-6-11-21(29-2)22(16-18)30-3/h6-11,16H,4-5,12-15,17H2,1-3H3. The van der Waals surface area contributed by atoms with Crippen LogP contribution in [0.2, 0.25) is 0 Å². The van der Waals surface area contributed by atoms with Gasteiger partial charge in [0.1, 0.15) is 5.75 Å². The Hall–Kier alpha value is -3.22. The van der Waals surface area contributed by atoms with Crippen LogP contribution >= 0.6 is 0 Å². The summed E-state index contributed by atoms with van der Waals surface area (Å²) in [7, 11) is 3.16. The SMILES string of the molecule is CCOc1ccc(C(=O)N2CCCN(C(=O)Cc3ccc(OC)c(OC)c3)CC2)cc1. The Morgan fingerprint density at radius 3 is 2.23 bits per heavy atom. The molecule has 1 heterocycles. The Bertz CT molecular complexity index is 897. The van der Waals surface area contributed by atoms with E-state index in [1.807, 2.05) is 41.0 Å². The number of methoxy groups -OCH3 is 2. The summed E-state index contributed by atoms with van der Waals surface area (Å²) in [5.74, 6) is 2.02. The van der Waals surface area contributed by atoms with Crippen LogP contribution in [0.3, 0.4) is 0 Å². The Morgan fingerprint density at radius 1 is 0.871 bits per heavy atom. The Labute approximate surface area is 183 Å². The maximum absolute atomic E-state index is 12.9. The summed E-state index contributed by atoms with van der Waals surface area (Å²) in [6.07, 6.45) is 1.04. The smallest absolute Gasteiger partial charge is 0.253 e. The van der Waals surface area contributed by atoms with Gasteiger partial charge in [-0.3, -0.25) is 9.59 Å². The van der Waals surface area contributed by atoms with Crippen LogP contribution in [0.15, 0.2) is 42.5 Å². The van der Waals surface area contributed by atoms with Gasteiger partial charge in [0.25, 0.3) is 5.91 Å².